The van der Waals surface area contributed by atoms with Crippen molar-refractivity contribution in [3.05, 3.63) is 47.3 Å². The second-order valence-electron chi connectivity index (χ2n) is 6.10. The van der Waals surface area contributed by atoms with Crippen LogP contribution in [-0.4, -0.2) is 29.8 Å². The van der Waals surface area contributed by atoms with Crippen LogP contribution >= 0.6 is 0 Å². The first-order valence-electron chi connectivity index (χ1n) is 8.20. The molecule has 6 nitrogen and oxygen atoms in total. The number of ether oxygens (including phenoxy) is 2. The van der Waals surface area contributed by atoms with Crippen molar-refractivity contribution >= 4 is 5.91 Å². The number of hydrogen-bond acceptors (Lipinski definition) is 4. The molecule has 3 rings (SSSR count). The van der Waals surface area contributed by atoms with Gasteiger partial charge in [0, 0.05) is 30.5 Å². The molecule has 1 aliphatic heterocycles. The Labute approximate surface area is 141 Å². The summed E-state index contributed by atoms with van der Waals surface area (Å²) in [7, 11) is 1.64. The smallest absolute Gasteiger partial charge is 0.226 e. The summed E-state index contributed by atoms with van der Waals surface area (Å²) in [5.41, 5.74) is 3.01. The first kappa shape index (κ1) is 16.5. The molecule has 1 fully saturated rings. The number of methoxy groups -OCH3 is 1. The fourth-order valence-electron chi connectivity index (χ4n) is 3.11. The van der Waals surface area contributed by atoms with Crippen LogP contribution in [0.4, 0.5) is 0 Å². The standard InChI is InChI=1S/C18H23N3O3/c1-12-5-6-13(16(8-12)23-2)9-19-18(22)15-4-3-7-24-17(15)14-10-20-21-11-14/h5-6,8,10-11,15,17H,3-4,7,9H2,1-2H3,(H,19,22)(H,20,21)/t15-,17+/m1/s1. The van der Waals surface area contributed by atoms with Gasteiger partial charge in [-0.1, -0.05) is 12.1 Å². The molecule has 0 unspecified atom stereocenters. The number of carbonyl (C=O) groups is 1. The van der Waals surface area contributed by atoms with Crippen LogP contribution in [0.5, 0.6) is 5.75 Å². The molecule has 2 aromatic rings. The minimum absolute atomic E-state index is 0.00327. The lowest BCUT2D eigenvalue weighted by molar-refractivity contribution is -0.134. The van der Waals surface area contributed by atoms with Crippen LogP contribution in [0.1, 0.15) is 35.6 Å². The molecule has 1 amide bonds. The van der Waals surface area contributed by atoms with Crippen molar-refractivity contribution in [1.82, 2.24) is 15.5 Å². The summed E-state index contributed by atoms with van der Waals surface area (Å²) >= 11 is 0. The number of aromatic nitrogens is 2. The summed E-state index contributed by atoms with van der Waals surface area (Å²) in [6.07, 6.45) is 4.98. The maximum absolute atomic E-state index is 12.7. The molecule has 1 aliphatic rings. The highest BCUT2D eigenvalue weighted by Gasteiger charge is 2.33. The third kappa shape index (κ3) is 3.59. The number of aryl methyl sites for hydroxylation is 1. The van der Waals surface area contributed by atoms with E-state index in [1.807, 2.05) is 25.1 Å². The Morgan fingerprint density at radius 2 is 2.38 bits per heavy atom. The fraction of sp³-hybridized carbons (Fsp3) is 0.444. The molecule has 2 atom stereocenters. The third-order valence-corrected chi connectivity index (χ3v) is 4.40. The van der Waals surface area contributed by atoms with E-state index < -0.39 is 0 Å². The maximum atomic E-state index is 12.7. The summed E-state index contributed by atoms with van der Waals surface area (Å²) < 4.78 is 11.2. The molecule has 128 valence electrons. The molecule has 1 saturated heterocycles. The van der Waals surface area contributed by atoms with Gasteiger partial charge in [-0.2, -0.15) is 5.10 Å². The van der Waals surface area contributed by atoms with E-state index >= 15 is 0 Å². The lowest BCUT2D eigenvalue weighted by Crippen LogP contribution is -2.37. The van der Waals surface area contributed by atoms with Gasteiger partial charge in [0.1, 0.15) is 5.75 Å². The van der Waals surface area contributed by atoms with Gasteiger partial charge in [-0.25, -0.2) is 0 Å². The van der Waals surface area contributed by atoms with Crippen LogP contribution in [-0.2, 0) is 16.1 Å². The second kappa shape index (κ2) is 7.49. The van der Waals surface area contributed by atoms with E-state index in [0.29, 0.717) is 13.2 Å². The third-order valence-electron chi connectivity index (χ3n) is 4.40. The Balaban J connectivity index is 1.67. The molecule has 6 heteroatoms. The summed E-state index contributed by atoms with van der Waals surface area (Å²) in [5, 5.41) is 9.77. The Hall–Kier alpha value is -2.34. The van der Waals surface area contributed by atoms with Gasteiger partial charge in [-0.15, -0.1) is 0 Å². The molecule has 0 aliphatic carbocycles. The van der Waals surface area contributed by atoms with Crippen LogP contribution in [0.15, 0.2) is 30.6 Å². The molecular weight excluding hydrogens is 306 g/mol. The predicted molar refractivity (Wildman–Crippen MR) is 89.6 cm³/mol. The van der Waals surface area contributed by atoms with Gasteiger partial charge in [0.05, 0.1) is 25.3 Å². The van der Waals surface area contributed by atoms with Gasteiger partial charge in [0.15, 0.2) is 0 Å². The van der Waals surface area contributed by atoms with Crippen molar-refractivity contribution in [3.63, 3.8) is 0 Å². The molecule has 2 N–H and O–H groups in total. The van der Waals surface area contributed by atoms with Crippen molar-refractivity contribution in [1.29, 1.82) is 0 Å². The summed E-state index contributed by atoms with van der Waals surface area (Å²) in [4.78, 5) is 12.7. The molecular formula is C18H23N3O3. The molecule has 24 heavy (non-hydrogen) atoms. The number of aromatic amines is 1. The number of carbonyl (C=O) groups excluding carboxylic acids is 1. The highest BCUT2D eigenvalue weighted by Crippen LogP contribution is 2.33. The Bertz CT molecular complexity index is 685. The number of rotatable bonds is 5. The van der Waals surface area contributed by atoms with E-state index in [9.17, 15) is 4.79 Å². The van der Waals surface area contributed by atoms with Crippen molar-refractivity contribution in [3.8, 4) is 5.75 Å². The highest BCUT2D eigenvalue weighted by atomic mass is 16.5. The SMILES string of the molecule is COc1cc(C)ccc1CNC(=O)[C@@H]1CCCO[C@H]1c1cn[nH]c1. The molecule has 0 radical (unpaired) electrons. The van der Waals surface area contributed by atoms with E-state index in [1.165, 1.54) is 0 Å². The zero-order valence-electron chi connectivity index (χ0n) is 14.0. The second-order valence-corrected chi connectivity index (χ2v) is 6.10. The molecule has 1 aromatic carbocycles. The zero-order chi connectivity index (χ0) is 16.9. The Morgan fingerprint density at radius 1 is 1.50 bits per heavy atom. The fourth-order valence-corrected chi connectivity index (χ4v) is 3.11. The topological polar surface area (TPSA) is 76.2 Å². The van der Waals surface area contributed by atoms with E-state index in [4.69, 9.17) is 9.47 Å². The summed E-state index contributed by atoms with van der Waals surface area (Å²) in [5.74, 6) is 0.595. The van der Waals surface area contributed by atoms with E-state index in [1.54, 1.807) is 19.5 Å². The van der Waals surface area contributed by atoms with Gasteiger partial charge in [0.25, 0.3) is 0 Å². The normalized spacial score (nSPS) is 20.6. The van der Waals surface area contributed by atoms with Gasteiger partial charge in [0.2, 0.25) is 5.91 Å². The first-order chi connectivity index (χ1) is 11.7. The number of benzene rings is 1. The quantitative estimate of drug-likeness (QED) is 0.884. The molecule has 0 saturated carbocycles. The Morgan fingerprint density at radius 3 is 3.12 bits per heavy atom. The molecule has 1 aromatic heterocycles. The highest BCUT2D eigenvalue weighted by molar-refractivity contribution is 5.79. The minimum atomic E-state index is -0.239. The molecule has 2 heterocycles. The average molecular weight is 329 g/mol. The number of nitrogens with zero attached hydrogens (tertiary/aromatic N) is 1. The Kier molecular flexibility index (Phi) is 5.15. The van der Waals surface area contributed by atoms with E-state index in [0.717, 1.165) is 35.3 Å². The van der Waals surface area contributed by atoms with Crippen molar-refractivity contribution in [2.75, 3.05) is 13.7 Å². The van der Waals surface area contributed by atoms with E-state index in [2.05, 4.69) is 15.5 Å². The molecule has 0 bridgehead atoms. The predicted octanol–water partition coefficient (Wildman–Crippen LogP) is 2.51. The first-order valence-corrected chi connectivity index (χ1v) is 8.20. The lowest BCUT2D eigenvalue weighted by Gasteiger charge is -2.30. The summed E-state index contributed by atoms with van der Waals surface area (Å²) in [6.45, 7) is 3.13. The van der Waals surface area contributed by atoms with Gasteiger partial charge < -0.3 is 14.8 Å². The van der Waals surface area contributed by atoms with Crippen LogP contribution in [0.2, 0.25) is 0 Å². The number of amides is 1. The van der Waals surface area contributed by atoms with Crippen LogP contribution < -0.4 is 10.1 Å². The van der Waals surface area contributed by atoms with Gasteiger partial charge in [-0.3, -0.25) is 9.89 Å². The zero-order valence-corrected chi connectivity index (χ0v) is 14.0. The van der Waals surface area contributed by atoms with Crippen molar-refractivity contribution in [2.45, 2.75) is 32.4 Å². The lowest BCUT2D eigenvalue weighted by atomic mass is 9.90. The van der Waals surface area contributed by atoms with Gasteiger partial charge >= 0.3 is 0 Å². The molecule has 0 spiro atoms. The van der Waals surface area contributed by atoms with Crippen molar-refractivity contribution < 1.29 is 14.3 Å². The van der Waals surface area contributed by atoms with Crippen LogP contribution in [0.25, 0.3) is 0 Å². The minimum Gasteiger partial charge on any atom is -0.496 e. The average Bonchev–Trinajstić information content (AvgIpc) is 3.14. The number of hydrogen-bond donors (Lipinski definition) is 2. The largest absolute Gasteiger partial charge is 0.496 e. The monoisotopic (exact) mass is 329 g/mol. The number of H-pyrrole nitrogens is 1. The summed E-state index contributed by atoms with van der Waals surface area (Å²) in [6, 6.07) is 5.97. The van der Waals surface area contributed by atoms with E-state index in [-0.39, 0.29) is 17.9 Å². The van der Waals surface area contributed by atoms with Gasteiger partial charge in [-0.05, 0) is 31.4 Å². The van der Waals surface area contributed by atoms with Crippen molar-refractivity contribution in [2.24, 2.45) is 5.92 Å². The van der Waals surface area contributed by atoms with Crippen LogP contribution in [0, 0.1) is 12.8 Å². The van der Waals surface area contributed by atoms with Crippen LogP contribution in [0.3, 0.4) is 0 Å². The number of nitrogens with one attached hydrogen (secondary N) is 2. The maximum Gasteiger partial charge on any atom is 0.226 e.